The fourth-order valence-corrected chi connectivity index (χ4v) is 3.33. The SMILES string of the molecule is CCNC(=NCCS(=O)C(C)(C)C)NC1CCC(C)CC1. The molecule has 1 saturated carbocycles. The minimum Gasteiger partial charge on any atom is -0.357 e. The Morgan fingerprint density at radius 2 is 1.86 bits per heavy atom. The molecule has 0 aromatic heterocycles. The molecule has 2 N–H and O–H groups in total. The summed E-state index contributed by atoms with van der Waals surface area (Å²) in [6.07, 6.45) is 5.04. The second kappa shape index (κ2) is 8.76. The Labute approximate surface area is 133 Å². The third-order valence-electron chi connectivity index (χ3n) is 3.93. The van der Waals surface area contributed by atoms with Crippen LogP contribution in [0.15, 0.2) is 4.99 Å². The Morgan fingerprint density at radius 1 is 1.24 bits per heavy atom. The van der Waals surface area contributed by atoms with E-state index in [0.717, 1.165) is 18.4 Å². The predicted octanol–water partition coefficient (Wildman–Crippen LogP) is 2.67. The van der Waals surface area contributed by atoms with Gasteiger partial charge < -0.3 is 10.6 Å². The van der Waals surface area contributed by atoms with Gasteiger partial charge in [-0.05, 0) is 59.3 Å². The average Bonchev–Trinajstić information content (AvgIpc) is 2.40. The largest absolute Gasteiger partial charge is 0.357 e. The molecule has 1 unspecified atom stereocenters. The van der Waals surface area contributed by atoms with Crippen LogP contribution in [-0.4, -0.2) is 39.8 Å². The monoisotopic (exact) mass is 315 g/mol. The first-order valence-corrected chi connectivity index (χ1v) is 9.58. The van der Waals surface area contributed by atoms with E-state index in [2.05, 4.69) is 29.5 Å². The summed E-state index contributed by atoms with van der Waals surface area (Å²) in [7, 11) is -0.832. The Morgan fingerprint density at radius 3 is 2.38 bits per heavy atom. The molecule has 0 saturated heterocycles. The summed E-state index contributed by atoms with van der Waals surface area (Å²) in [5, 5.41) is 6.82. The van der Waals surface area contributed by atoms with Crippen molar-refractivity contribution >= 4 is 16.8 Å². The van der Waals surface area contributed by atoms with Gasteiger partial charge in [-0.25, -0.2) is 0 Å². The molecule has 0 spiro atoms. The van der Waals surface area contributed by atoms with Crippen molar-refractivity contribution in [3.05, 3.63) is 0 Å². The van der Waals surface area contributed by atoms with Crippen molar-refractivity contribution in [3.8, 4) is 0 Å². The minimum atomic E-state index is -0.832. The molecule has 1 rings (SSSR count). The lowest BCUT2D eigenvalue weighted by Gasteiger charge is -2.28. The van der Waals surface area contributed by atoms with Gasteiger partial charge in [-0.15, -0.1) is 0 Å². The Hall–Kier alpha value is -0.580. The first-order valence-electron chi connectivity index (χ1n) is 8.26. The second-order valence-corrected chi connectivity index (χ2v) is 9.35. The normalized spacial score (nSPS) is 25.5. The molecule has 0 heterocycles. The lowest BCUT2D eigenvalue weighted by atomic mass is 9.87. The molecule has 124 valence electrons. The molecule has 1 atom stereocenters. The van der Waals surface area contributed by atoms with Crippen molar-refractivity contribution < 1.29 is 4.21 Å². The molecule has 0 bridgehead atoms. The van der Waals surface area contributed by atoms with Gasteiger partial charge in [-0.3, -0.25) is 9.20 Å². The van der Waals surface area contributed by atoms with Crippen LogP contribution in [0.2, 0.25) is 0 Å². The van der Waals surface area contributed by atoms with Gasteiger partial charge in [-0.1, -0.05) is 6.92 Å². The molecule has 1 aliphatic carbocycles. The molecular formula is C16H33N3OS. The number of hydrogen-bond acceptors (Lipinski definition) is 2. The molecule has 21 heavy (non-hydrogen) atoms. The van der Waals surface area contributed by atoms with E-state index in [-0.39, 0.29) is 4.75 Å². The number of nitrogens with zero attached hydrogens (tertiary/aromatic N) is 1. The predicted molar refractivity (Wildman–Crippen MR) is 93.3 cm³/mol. The number of nitrogens with one attached hydrogen (secondary N) is 2. The fourth-order valence-electron chi connectivity index (χ4n) is 2.46. The maximum absolute atomic E-state index is 12.0. The first kappa shape index (κ1) is 18.5. The lowest BCUT2D eigenvalue weighted by Crippen LogP contribution is -2.45. The quantitative estimate of drug-likeness (QED) is 0.606. The molecule has 5 heteroatoms. The maximum Gasteiger partial charge on any atom is 0.191 e. The van der Waals surface area contributed by atoms with Gasteiger partial charge in [0.25, 0.3) is 0 Å². The molecule has 0 radical (unpaired) electrons. The van der Waals surface area contributed by atoms with Crippen LogP contribution in [0.3, 0.4) is 0 Å². The van der Waals surface area contributed by atoms with E-state index in [1.807, 2.05) is 20.8 Å². The molecule has 1 fully saturated rings. The zero-order chi connectivity index (χ0) is 15.9. The van der Waals surface area contributed by atoms with E-state index >= 15 is 0 Å². The standard InChI is InChI=1S/C16H33N3OS/c1-6-17-15(18-11-12-21(20)16(3,4)5)19-14-9-7-13(2)8-10-14/h13-14H,6-12H2,1-5H3,(H2,17,18,19). The third kappa shape index (κ3) is 7.30. The van der Waals surface area contributed by atoms with Gasteiger partial charge in [0.2, 0.25) is 0 Å². The van der Waals surface area contributed by atoms with Crippen molar-refractivity contribution in [1.82, 2.24) is 10.6 Å². The van der Waals surface area contributed by atoms with Crippen molar-refractivity contribution in [2.45, 2.75) is 71.1 Å². The Balaban J connectivity index is 2.44. The zero-order valence-corrected chi connectivity index (χ0v) is 15.2. The summed E-state index contributed by atoms with van der Waals surface area (Å²) in [6.45, 7) is 11.9. The highest BCUT2D eigenvalue weighted by Crippen LogP contribution is 2.23. The number of guanidine groups is 1. The van der Waals surface area contributed by atoms with E-state index in [0.29, 0.717) is 18.3 Å². The van der Waals surface area contributed by atoms with Crippen LogP contribution in [0.25, 0.3) is 0 Å². The van der Waals surface area contributed by atoms with Gasteiger partial charge in [-0.2, -0.15) is 0 Å². The Kier molecular flexibility index (Phi) is 7.71. The van der Waals surface area contributed by atoms with E-state index in [4.69, 9.17) is 0 Å². The van der Waals surface area contributed by atoms with Gasteiger partial charge in [0.1, 0.15) is 0 Å². The van der Waals surface area contributed by atoms with Crippen LogP contribution in [0.1, 0.15) is 60.3 Å². The number of rotatable bonds is 5. The summed E-state index contributed by atoms with van der Waals surface area (Å²) >= 11 is 0. The third-order valence-corrected chi connectivity index (χ3v) is 5.85. The molecule has 0 aromatic rings. The molecule has 0 aromatic carbocycles. The topological polar surface area (TPSA) is 53.5 Å². The molecule has 4 nitrogen and oxygen atoms in total. The highest BCUT2D eigenvalue weighted by atomic mass is 32.2. The average molecular weight is 316 g/mol. The Bertz CT molecular complexity index is 355. The van der Waals surface area contributed by atoms with E-state index in [1.54, 1.807) is 0 Å². The molecular weight excluding hydrogens is 282 g/mol. The summed E-state index contributed by atoms with van der Waals surface area (Å²) < 4.78 is 11.9. The molecule has 0 aliphatic heterocycles. The summed E-state index contributed by atoms with van der Waals surface area (Å²) in [5.41, 5.74) is 0. The molecule has 1 aliphatic rings. The van der Waals surface area contributed by atoms with Gasteiger partial charge >= 0.3 is 0 Å². The first-order chi connectivity index (χ1) is 9.82. The number of hydrogen-bond donors (Lipinski definition) is 2. The molecule has 0 amide bonds. The van der Waals surface area contributed by atoms with E-state index < -0.39 is 10.8 Å². The lowest BCUT2D eigenvalue weighted by molar-refractivity contribution is 0.329. The van der Waals surface area contributed by atoms with Crippen molar-refractivity contribution in [2.24, 2.45) is 10.9 Å². The van der Waals surface area contributed by atoms with E-state index in [1.165, 1.54) is 25.7 Å². The summed E-state index contributed by atoms with van der Waals surface area (Å²) in [4.78, 5) is 4.58. The van der Waals surface area contributed by atoms with Crippen LogP contribution < -0.4 is 10.6 Å². The summed E-state index contributed by atoms with van der Waals surface area (Å²) in [6, 6.07) is 0.534. The summed E-state index contributed by atoms with van der Waals surface area (Å²) in [5.74, 6) is 2.36. The van der Waals surface area contributed by atoms with Gasteiger partial charge in [0.05, 0.1) is 6.54 Å². The maximum atomic E-state index is 12.0. The van der Waals surface area contributed by atoms with Crippen LogP contribution in [0.5, 0.6) is 0 Å². The van der Waals surface area contributed by atoms with Gasteiger partial charge in [0.15, 0.2) is 5.96 Å². The number of aliphatic imine (C=N–C) groups is 1. The minimum absolute atomic E-state index is 0.152. The van der Waals surface area contributed by atoms with Crippen molar-refractivity contribution in [1.29, 1.82) is 0 Å². The smallest absolute Gasteiger partial charge is 0.191 e. The van der Waals surface area contributed by atoms with Crippen molar-refractivity contribution in [3.63, 3.8) is 0 Å². The van der Waals surface area contributed by atoms with Crippen LogP contribution >= 0.6 is 0 Å². The zero-order valence-electron chi connectivity index (χ0n) is 14.4. The highest BCUT2D eigenvalue weighted by Gasteiger charge is 2.20. The van der Waals surface area contributed by atoms with Crippen LogP contribution in [-0.2, 0) is 10.8 Å². The van der Waals surface area contributed by atoms with Crippen molar-refractivity contribution in [2.75, 3.05) is 18.8 Å². The van der Waals surface area contributed by atoms with Crippen LogP contribution in [0, 0.1) is 5.92 Å². The van der Waals surface area contributed by atoms with Crippen LogP contribution in [0.4, 0.5) is 0 Å². The highest BCUT2D eigenvalue weighted by molar-refractivity contribution is 7.86. The van der Waals surface area contributed by atoms with E-state index in [9.17, 15) is 4.21 Å². The van der Waals surface area contributed by atoms with Gasteiger partial charge in [0, 0.05) is 33.9 Å². The fraction of sp³-hybridized carbons (Fsp3) is 0.938. The second-order valence-electron chi connectivity index (χ2n) is 7.02.